The topological polar surface area (TPSA) is 117 Å². The van der Waals surface area contributed by atoms with Gasteiger partial charge in [-0.15, -0.1) is 4.57 Å². The number of hydrogen-bond acceptors (Lipinski definition) is 6. The van der Waals surface area contributed by atoms with Crippen LogP contribution in [0.1, 0.15) is 5.56 Å². The normalized spacial score (nSPS) is 11.4. The van der Waals surface area contributed by atoms with E-state index in [9.17, 15) is 9.59 Å². The van der Waals surface area contributed by atoms with Crippen molar-refractivity contribution in [1.82, 2.24) is 4.57 Å². The summed E-state index contributed by atoms with van der Waals surface area (Å²) in [6, 6.07) is 5.10. The molecule has 2 heterocycles. The van der Waals surface area contributed by atoms with Crippen molar-refractivity contribution in [3.05, 3.63) is 44.6 Å². The van der Waals surface area contributed by atoms with Gasteiger partial charge in [0.25, 0.3) is 0 Å². The van der Waals surface area contributed by atoms with Crippen molar-refractivity contribution in [3.63, 3.8) is 0 Å². The molecule has 0 aliphatic heterocycles. The highest BCUT2D eigenvalue weighted by molar-refractivity contribution is 5.91. The smallest absolute Gasteiger partial charge is 0.399 e. The molecule has 19 heavy (non-hydrogen) atoms. The van der Waals surface area contributed by atoms with E-state index in [2.05, 4.69) is 0 Å². The Morgan fingerprint density at radius 1 is 1.21 bits per heavy atom. The fraction of sp³-hybridized carbons (Fsp3) is 0.167. The maximum Gasteiger partial charge on any atom is 0.442 e. The number of benzene rings is 1. The van der Waals surface area contributed by atoms with Crippen molar-refractivity contribution >= 4 is 22.3 Å². The zero-order valence-corrected chi connectivity index (χ0v) is 9.88. The third kappa shape index (κ3) is 1.63. The Labute approximate surface area is 106 Å². The standard InChI is InChI=1S/C12H11N3O4/c13-4-3-7-8-5-6(14)1-2-9(8)15-10(7)18-11(16)12(17)19-15/h1-2,5H,3-4,13-14H2. The van der Waals surface area contributed by atoms with E-state index in [1.807, 2.05) is 0 Å². The second-order valence-electron chi connectivity index (χ2n) is 4.16. The van der Waals surface area contributed by atoms with Crippen LogP contribution in [0.3, 0.4) is 0 Å². The zero-order chi connectivity index (χ0) is 13.6. The van der Waals surface area contributed by atoms with Crippen LogP contribution in [-0.2, 0) is 6.42 Å². The van der Waals surface area contributed by atoms with Crippen LogP contribution in [-0.4, -0.2) is 11.1 Å². The summed E-state index contributed by atoms with van der Waals surface area (Å²) in [4.78, 5) is 22.6. The van der Waals surface area contributed by atoms with Gasteiger partial charge >= 0.3 is 11.3 Å². The van der Waals surface area contributed by atoms with E-state index < -0.39 is 11.3 Å². The van der Waals surface area contributed by atoms with E-state index in [1.165, 1.54) is 4.57 Å². The van der Waals surface area contributed by atoms with Crippen LogP contribution in [0.15, 0.2) is 36.7 Å². The van der Waals surface area contributed by atoms with Crippen LogP contribution in [0.4, 0.5) is 5.69 Å². The van der Waals surface area contributed by atoms with Crippen LogP contribution < -0.4 is 22.7 Å². The van der Waals surface area contributed by atoms with E-state index in [0.29, 0.717) is 29.7 Å². The summed E-state index contributed by atoms with van der Waals surface area (Å²) < 4.78 is 11.1. The molecule has 0 saturated carbocycles. The lowest BCUT2D eigenvalue weighted by molar-refractivity contribution is 0.286. The molecule has 0 radical (unpaired) electrons. The van der Waals surface area contributed by atoms with E-state index in [-0.39, 0.29) is 5.71 Å². The van der Waals surface area contributed by atoms with Crippen LogP contribution >= 0.6 is 0 Å². The number of nitrogens with zero attached hydrogens (tertiary/aromatic N) is 1. The van der Waals surface area contributed by atoms with Gasteiger partial charge in [0.1, 0.15) is 0 Å². The van der Waals surface area contributed by atoms with E-state index in [1.54, 1.807) is 18.2 Å². The molecule has 0 fully saturated rings. The first-order valence-electron chi connectivity index (χ1n) is 5.69. The van der Waals surface area contributed by atoms with Crippen LogP contribution in [0.5, 0.6) is 0 Å². The van der Waals surface area contributed by atoms with E-state index in [0.717, 1.165) is 5.39 Å². The molecule has 7 heteroatoms. The molecule has 3 aromatic rings. The Morgan fingerprint density at radius 2 is 2.00 bits per heavy atom. The quantitative estimate of drug-likeness (QED) is 0.498. The molecule has 98 valence electrons. The van der Waals surface area contributed by atoms with E-state index in [4.69, 9.17) is 20.4 Å². The highest BCUT2D eigenvalue weighted by atomic mass is 16.5. The second kappa shape index (κ2) is 3.99. The van der Waals surface area contributed by atoms with Gasteiger partial charge in [0.05, 0.1) is 5.52 Å². The fourth-order valence-electron chi connectivity index (χ4n) is 2.15. The maximum absolute atomic E-state index is 11.3. The Balaban J connectivity index is 2.57. The van der Waals surface area contributed by atoms with Crippen molar-refractivity contribution in [2.75, 3.05) is 12.3 Å². The summed E-state index contributed by atoms with van der Waals surface area (Å²) in [5.74, 6) is 0. The maximum atomic E-state index is 11.3. The van der Waals surface area contributed by atoms with Crippen molar-refractivity contribution in [1.29, 1.82) is 0 Å². The average Bonchev–Trinajstić information content (AvgIpc) is 2.65. The third-order valence-corrected chi connectivity index (χ3v) is 2.93. The van der Waals surface area contributed by atoms with Crippen molar-refractivity contribution in [2.24, 2.45) is 5.73 Å². The molecule has 2 aromatic heterocycles. The molecule has 3 rings (SSSR count). The summed E-state index contributed by atoms with van der Waals surface area (Å²) in [6.45, 7) is 0.367. The minimum atomic E-state index is -1.06. The number of hydrogen-bond donors (Lipinski definition) is 2. The lowest BCUT2D eigenvalue weighted by Crippen LogP contribution is -2.23. The first kappa shape index (κ1) is 11.5. The van der Waals surface area contributed by atoms with Crippen molar-refractivity contribution in [2.45, 2.75) is 6.42 Å². The van der Waals surface area contributed by atoms with Gasteiger partial charge in [0.2, 0.25) is 5.71 Å². The molecule has 0 spiro atoms. The van der Waals surface area contributed by atoms with Crippen LogP contribution in [0.2, 0.25) is 0 Å². The molecule has 0 unspecified atom stereocenters. The van der Waals surface area contributed by atoms with Gasteiger partial charge in [-0.2, -0.15) is 0 Å². The average molecular weight is 261 g/mol. The lowest BCUT2D eigenvalue weighted by atomic mass is 10.1. The summed E-state index contributed by atoms with van der Waals surface area (Å²) in [6.07, 6.45) is 0.479. The number of rotatable bonds is 2. The number of anilines is 1. The number of fused-ring (bicyclic) bond motifs is 3. The monoisotopic (exact) mass is 261 g/mol. The lowest BCUT2D eigenvalue weighted by Gasteiger charge is -1.96. The van der Waals surface area contributed by atoms with Gasteiger partial charge < -0.3 is 20.4 Å². The highest BCUT2D eigenvalue weighted by Gasteiger charge is 2.17. The third-order valence-electron chi connectivity index (χ3n) is 2.93. The van der Waals surface area contributed by atoms with Gasteiger partial charge in [-0.1, -0.05) is 0 Å². The first-order chi connectivity index (χ1) is 9.11. The minimum absolute atomic E-state index is 0.190. The van der Waals surface area contributed by atoms with Gasteiger partial charge in [-0.3, -0.25) is 0 Å². The first-order valence-corrected chi connectivity index (χ1v) is 5.69. The van der Waals surface area contributed by atoms with Gasteiger partial charge in [-0.25, -0.2) is 9.59 Å². The summed E-state index contributed by atoms with van der Waals surface area (Å²) in [5.41, 5.74) is 11.3. The van der Waals surface area contributed by atoms with E-state index >= 15 is 0 Å². The summed E-state index contributed by atoms with van der Waals surface area (Å²) >= 11 is 0. The highest BCUT2D eigenvalue weighted by Crippen LogP contribution is 2.27. The van der Waals surface area contributed by atoms with Crippen LogP contribution in [0, 0.1) is 0 Å². The predicted molar refractivity (Wildman–Crippen MR) is 69.1 cm³/mol. The molecule has 7 nitrogen and oxygen atoms in total. The predicted octanol–water partition coefficient (Wildman–Crippen LogP) is 0.0823. The second-order valence-corrected chi connectivity index (χ2v) is 4.16. The Hall–Kier alpha value is -2.54. The Bertz CT molecular complexity index is 887. The number of nitrogens with two attached hydrogens (primary N) is 2. The number of nitrogen functional groups attached to an aromatic ring is 1. The Kier molecular flexibility index (Phi) is 2.42. The molecule has 0 bridgehead atoms. The Morgan fingerprint density at radius 3 is 2.74 bits per heavy atom. The molecule has 0 aliphatic rings. The zero-order valence-electron chi connectivity index (χ0n) is 9.88. The van der Waals surface area contributed by atoms with Crippen molar-refractivity contribution < 1.29 is 8.94 Å². The summed E-state index contributed by atoms with van der Waals surface area (Å²) in [7, 11) is 0. The molecular formula is C12H11N3O4. The molecule has 1 aromatic carbocycles. The van der Waals surface area contributed by atoms with Gasteiger partial charge in [0, 0.05) is 16.6 Å². The molecule has 0 aliphatic carbocycles. The molecule has 0 atom stereocenters. The molecular weight excluding hydrogens is 250 g/mol. The molecule has 4 N–H and O–H groups in total. The summed E-state index contributed by atoms with van der Waals surface area (Å²) in [5, 5.41) is 0.753. The fourth-order valence-corrected chi connectivity index (χ4v) is 2.15. The van der Waals surface area contributed by atoms with Gasteiger partial charge in [0.15, 0.2) is 0 Å². The van der Waals surface area contributed by atoms with Crippen LogP contribution in [0.25, 0.3) is 16.6 Å². The largest absolute Gasteiger partial charge is 0.442 e. The van der Waals surface area contributed by atoms with Crippen molar-refractivity contribution in [3.8, 4) is 0 Å². The molecule has 0 amide bonds. The molecule has 0 saturated heterocycles. The van der Waals surface area contributed by atoms with Gasteiger partial charge in [-0.05, 0) is 31.2 Å². The minimum Gasteiger partial charge on any atom is -0.399 e. The number of aromatic nitrogens is 1. The SMILES string of the molecule is NCCc1c2cc(N)ccc2n2oc(=O)c(=O)oc12.